The highest BCUT2D eigenvalue weighted by Crippen LogP contribution is 2.43. The number of rotatable bonds is 21. The second kappa shape index (κ2) is 42.3. The smallest absolute Gasteiger partial charge is 0.362 e. The van der Waals surface area contributed by atoms with Crippen molar-refractivity contribution in [2.45, 2.75) is 160 Å². The van der Waals surface area contributed by atoms with Gasteiger partial charge in [-0.2, -0.15) is 13.2 Å². The maximum atomic E-state index is 14.8. The van der Waals surface area contributed by atoms with Crippen LogP contribution in [0.1, 0.15) is 209 Å². The molecule has 137 heavy (non-hydrogen) atoms. The van der Waals surface area contributed by atoms with E-state index < -0.39 is 109 Å². The molecule has 1 aliphatic heterocycles. The molecule has 8 N–H and O–H groups in total. The second-order valence-corrected chi connectivity index (χ2v) is 42.9. The summed E-state index contributed by atoms with van der Waals surface area (Å²) in [4.78, 5) is 134. The molecule has 0 saturated carbocycles. The SMILES string of the molecule is C=S(C)(=O)c1ccc(C2=CCC(c3[nH]c(=O)[nH]c(=O)c3Cc3cccc(C(F)(F)F)c3)CC2)c(F)c1.C=S(C)(=O)c1ccc(C2=CCC(c3[nH]c(=O)[nH]c(=O)c3Cc3cccc(F)c3F)CC2)c(F)c1.C=S(C)(=O)c1ccc(C2=CCC(c3[nH]c(=O)[nH]c(=O)c3Cc3cccc(N4CCCC4)n3)CC2)c(F)c1.CN(C)c1ncccc1C1=CCC(c2[nH]c(=O)[nH]c(=O)c2Cc2ccccc2)CC1. The summed E-state index contributed by atoms with van der Waals surface area (Å²) in [7, 11) is -3.60. The monoisotopic (exact) mass is 1930 g/mol. The minimum Gasteiger partial charge on any atom is -0.362 e. The fourth-order valence-electron chi connectivity index (χ4n) is 18.3. The van der Waals surface area contributed by atoms with E-state index in [0.29, 0.717) is 130 Å². The highest BCUT2D eigenvalue weighted by Gasteiger charge is 2.34. The predicted molar refractivity (Wildman–Crippen MR) is 526 cm³/mol. The van der Waals surface area contributed by atoms with E-state index in [1.165, 1.54) is 66.8 Å². The summed E-state index contributed by atoms with van der Waals surface area (Å²) < 4.78 is 148. The molecule has 0 amide bonds. The minimum absolute atomic E-state index is 0.00548. The van der Waals surface area contributed by atoms with Gasteiger partial charge in [0.05, 0.1) is 5.56 Å². The molecule has 6 aromatic carbocycles. The van der Waals surface area contributed by atoms with Crippen LogP contribution in [0.3, 0.4) is 0 Å². The number of allylic oxidation sites excluding steroid dienone is 8. The standard InChI is InChI=1S/C28H31FN4O3S.C26H24F4N2O3S.C25H23F3N2O3S.C24H26N4O2/c1-37(2,36)21-12-13-22(24(29)17-21)18-8-10-19(11-9-18)26-23(27(34)32-28(35)31-26)16-20-6-5-7-25(30-20)33-14-3-4-15-33;1-36(2,35)19-10-11-20(22(27)14-19)16-6-8-17(9-7-16)23-21(24(33)32-25(34)31-23)13-15-4-3-5-18(12-15)26(28,29)30;1-34(2,33)17-10-11-18(21(27)13-17)14-6-8-15(9-7-14)23-19(24(31)30-25(32)29-23)12-16-4-3-5-20(26)22(16)28;1-28(2)22-19(9-6-14-25-22)17-10-12-18(13-11-17)21-20(23(29)27-24(30)26-21)15-16-7-4-3-5-8-16/h5-8,12-13,17,19H,1,3-4,9-11,14-16H2,2H3,(H2,31,32,34,35);3-6,10-12,14,17H,1,7-9,13H2,2H3,(H2,31,32,33,34);3-6,10-11,13,15H,1,7-9,12H2,2H3,(H2,29,30,31,32);3-10,14,18H,11-13,15H2,1-2H3,(H2,26,27,29,30). The molecule has 7 atom stereocenters. The molecule has 23 nitrogen and oxygen atoms in total. The van der Waals surface area contributed by atoms with Crippen molar-refractivity contribution in [2.24, 2.45) is 0 Å². The van der Waals surface area contributed by atoms with Gasteiger partial charge < -0.3 is 29.7 Å². The number of alkyl halides is 3. The van der Waals surface area contributed by atoms with E-state index in [0.717, 1.165) is 114 Å². The molecule has 4 aliphatic carbocycles. The Morgan fingerprint density at radius 3 is 1.18 bits per heavy atom. The number of aromatic amines is 8. The van der Waals surface area contributed by atoms with Gasteiger partial charge in [0, 0.05) is 189 Å². The molecule has 6 aromatic heterocycles. The van der Waals surface area contributed by atoms with Crippen LogP contribution < -0.4 is 54.8 Å². The summed E-state index contributed by atoms with van der Waals surface area (Å²) in [6.07, 6.45) is 19.4. The van der Waals surface area contributed by atoms with Gasteiger partial charge in [-0.1, -0.05) is 109 Å². The topological polar surface area (TPSA) is 346 Å². The quantitative estimate of drug-likeness (QED) is 0.0245. The maximum absolute atomic E-state index is 14.8. The summed E-state index contributed by atoms with van der Waals surface area (Å²) >= 11 is 0. The van der Waals surface area contributed by atoms with Gasteiger partial charge in [0.2, 0.25) is 0 Å². The molecule has 12 aromatic rings. The van der Waals surface area contributed by atoms with Gasteiger partial charge >= 0.3 is 28.9 Å². The molecule has 716 valence electrons. The van der Waals surface area contributed by atoms with E-state index in [2.05, 4.69) is 79.5 Å². The van der Waals surface area contributed by atoms with Crippen LogP contribution in [0.2, 0.25) is 0 Å². The third kappa shape index (κ3) is 24.4. The van der Waals surface area contributed by atoms with Crippen LogP contribution >= 0.6 is 0 Å². The number of anilines is 2. The zero-order chi connectivity index (χ0) is 98.1. The first-order valence-electron chi connectivity index (χ1n) is 44.6. The number of H-pyrrole nitrogens is 8. The van der Waals surface area contributed by atoms with Gasteiger partial charge in [-0.3, -0.25) is 51.7 Å². The van der Waals surface area contributed by atoms with E-state index in [-0.39, 0.29) is 64.3 Å². The largest absolute Gasteiger partial charge is 0.416 e. The number of hydrogen-bond acceptors (Lipinski definition) is 15. The molecule has 34 heteroatoms. The Labute approximate surface area is 784 Å². The van der Waals surface area contributed by atoms with Crippen LogP contribution in [0.15, 0.2) is 241 Å². The molecule has 5 aliphatic rings. The van der Waals surface area contributed by atoms with Gasteiger partial charge in [0.1, 0.15) is 29.1 Å². The van der Waals surface area contributed by atoms with E-state index >= 15 is 0 Å². The fraction of sp³-hybridized carbons (Fsp3) is 0.291. The number of pyridine rings is 2. The van der Waals surface area contributed by atoms with Gasteiger partial charge in [-0.05, 0) is 248 Å². The minimum atomic E-state index is -4.52. The van der Waals surface area contributed by atoms with E-state index in [1.807, 2.05) is 98.0 Å². The number of benzene rings is 6. The van der Waals surface area contributed by atoms with E-state index in [9.17, 15) is 86.1 Å². The summed E-state index contributed by atoms with van der Waals surface area (Å²) in [5.74, 6) is 8.65. The number of nitrogens with zero attached hydrogens (tertiary/aromatic N) is 4. The zero-order valence-corrected chi connectivity index (χ0v) is 78.4. The second-order valence-electron chi connectivity index (χ2n) is 35.5. The van der Waals surface area contributed by atoms with Gasteiger partial charge in [-0.25, -0.2) is 51.1 Å². The van der Waals surface area contributed by atoms with Gasteiger partial charge in [0.15, 0.2) is 11.6 Å². The molecular weight excluding hydrogens is 1830 g/mol. The van der Waals surface area contributed by atoms with Crippen LogP contribution in [-0.2, 0) is 60.4 Å². The zero-order valence-electron chi connectivity index (χ0n) is 76.0. The van der Waals surface area contributed by atoms with Crippen LogP contribution in [0, 0.1) is 29.1 Å². The molecule has 17 rings (SSSR count). The Morgan fingerprint density at radius 1 is 0.409 bits per heavy atom. The van der Waals surface area contributed by atoms with Crippen LogP contribution in [0.5, 0.6) is 0 Å². The van der Waals surface area contributed by atoms with Crippen molar-refractivity contribution in [3.05, 3.63) is 396 Å². The van der Waals surface area contributed by atoms with E-state index in [4.69, 9.17) is 4.98 Å². The summed E-state index contributed by atoms with van der Waals surface area (Å²) in [6.45, 7) is 1.96. The summed E-state index contributed by atoms with van der Waals surface area (Å²) in [6, 6.07) is 41.6. The molecular formula is C103H104F8N12O11S3. The average Bonchev–Trinajstić information content (AvgIpc) is 0.986. The first-order chi connectivity index (χ1) is 65.1. The van der Waals surface area contributed by atoms with Crippen molar-refractivity contribution in [1.29, 1.82) is 0 Å². The Balaban J connectivity index is 0.000000146. The Bertz CT molecular complexity index is 7640. The maximum Gasteiger partial charge on any atom is 0.416 e. The number of nitrogens with one attached hydrogen (secondary N) is 8. The van der Waals surface area contributed by atoms with Crippen LogP contribution in [-0.4, -0.2) is 126 Å². The Kier molecular flexibility index (Phi) is 30.7. The number of hydrogen-bond donors (Lipinski definition) is 8. The first-order valence-corrected chi connectivity index (χ1v) is 51.0. The van der Waals surface area contributed by atoms with Crippen molar-refractivity contribution < 1.29 is 47.8 Å². The molecule has 0 radical (unpaired) electrons. The Morgan fingerprint density at radius 2 is 0.788 bits per heavy atom. The first kappa shape index (κ1) is 99.4. The Hall–Kier alpha value is -13.6. The van der Waals surface area contributed by atoms with E-state index in [1.54, 1.807) is 36.4 Å². The summed E-state index contributed by atoms with van der Waals surface area (Å²) in [5, 5.41) is 0. The highest BCUT2D eigenvalue weighted by atomic mass is 32.2. The van der Waals surface area contributed by atoms with Gasteiger partial charge in [-0.15, -0.1) is 0 Å². The lowest BCUT2D eigenvalue weighted by molar-refractivity contribution is -0.137. The highest BCUT2D eigenvalue weighted by molar-refractivity contribution is 8.00. The van der Waals surface area contributed by atoms with Crippen molar-refractivity contribution in [3.8, 4) is 0 Å². The lowest BCUT2D eigenvalue weighted by atomic mass is 9.82. The third-order valence-electron chi connectivity index (χ3n) is 25.3. The van der Waals surface area contributed by atoms with Crippen LogP contribution in [0.25, 0.3) is 22.3 Å². The van der Waals surface area contributed by atoms with Crippen molar-refractivity contribution in [2.75, 3.05) is 55.8 Å². The molecule has 7 unspecified atom stereocenters. The molecule has 0 spiro atoms. The lowest BCUT2D eigenvalue weighted by Gasteiger charge is -2.25. The van der Waals surface area contributed by atoms with Crippen LogP contribution in [0.4, 0.5) is 46.8 Å². The normalized spacial score (nSPS) is 17.9. The summed E-state index contributed by atoms with van der Waals surface area (Å²) in [5.41, 5.74) is 6.60. The van der Waals surface area contributed by atoms with Crippen molar-refractivity contribution >= 4 is 80.1 Å². The lowest BCUT2D eigenvalue weighted by Crippen LogP contribution is -2.30. The fourth-order valence-corrected chi connectivity index (χ4v) is 20.4. The van der Waals surface area contributed by atoms with Crippen molar-refractivity contribution in [3.63, 3.8) is 0 Å². The average molecular weight is 1930 g/mol. The molecule has 1 saturated heterocycles. The third-order valence-corrected chi connectivity index (χ3v) is 29.1. The molecule has 1 fully saturated rings. The van der Waals surface area contributed by atoms with Crippen molar-refractivity contribution in [1.82, 2.24) is 49.8 Å². The molecule has 7 heterocycles. The van der Waals surface area contributed by atoms with Gasteiger partial charge in [0.25, 0.3) is 22.2 Å². The number of halogens is 8. The molecule has 0 bridgehead atoms. The predicted octanol–water partition coefficient (Wildman–Crippen LogP) is 16.3. The number of aromatic nitrogens is 10.